The number of methoxy groups -OCH3 is 1. The number of aromatic nitrogens is 2. The average molecular weight is 248 g/mol. The zero-order chi connectivity index (χ0) is 13.3. The number of nitro benzene ring substituents is 1. The highest BCUT2D eigenvalue weighted by atomic mass is 16.6. The maximum absolute atomic E-state index is 10.8. The van der Waals surface area contributed by atoms with Gasteiger partial charge in [0.1, 0.15) is 5.82 Å². The number of hydrogen-bond acceptors (Lipinski definition) is 5. The fraction of sp³-hybridized carbons (Fsp3) is 0.182. The number of H-pyrrole nitrogens is 1. The molecule has 18 heavy (non-hydrogen) atoms. The molecule has 0 atom stereocenters. The Labute approximate surface area is 103 Å². The average Bonchev–Trinajstić information content (AvgIpc) is 2.69. The lowest BCUT2D eigenvalue weighted by atomic mass is 10.1. The first-order valence-electron chi connectivity index (χ1n) is 5.18. The topological polar surface area (TPSA) is 107 Å². The van der Waals surface area contributed by atoms with Crippen molar-refractivity contribution in [2.45, 2.75) is 6.92 Å². The molecule has 0 spiro atoms. The van der Waals surface area contributed by atoms with Crippen molar-refractivity contribution >= 4 is 11.5 Å². The molecule has 0 fully saturated rings. The Hall–Kier alpha value is -2.57. The Morgan fingerprint density at radius 3 is 2.72 bits per heavy atom. The Morgan fingerprint density at radius 2 is 2.22 bits per heavy atom. The van der Waals surface area contributed by atoms with Gasteiger partial charge in [0.05, 0.1) is 17.7 Å². The molecule has 2 rings (SSSR count). The summed E-state index contributed by atoms with van der Waals surface area (Å²) in [7, 11) is 1.39. The van der Waals surface area contributed by atoms with Gasteiger partial charge in [0.15, 0.2) is 5.75 Å². The molecule has 7 nitrogen and oxygen atoms in total. The summed E-state index contributed by atoms with van der Waals surface area (Å²) < 4.78 is 5.01. The van der Waals surface area contributed by atoms with Gasteiger partial charge in [-0.2, -0.15) is 5.10 Å². The Kier molecular flexibility index (Phi) is 2.88. The quantitative estimate of drug-likeness (QED) is 0.637. The van der Waals surface area contributed by atoms with Gasteiger partial charge in [0.2, 0.25) is 0 Å². The van der Waals surface area contributed by atoms with Gasteiger partial charge in [-0.05, 0) is 19.1 Å². The van der Waals surface area contributed by atoms with Crippen molar-refractivity contribution in [3.63, 3.8) is 0 Å². The number of rotatable bonds is 3. The van der Waals surface area contributed by atoms with Crippen LogP contribution >= 0.6 is 0 Å². The van der Waals surface area contributed by atoms with E-state index in [4.69, 9.17) is 10.5 Å². The van der Waals surface area contributed by atoms with E-state index in [2.05, 4.69) is 10.2 Å². The van der Waals surface area contributed by atoms with Crippen LogP contribution in [-0.2, 0) is 0 Å². The second-order valence-electron chi connectivity index (χ2n) is 3.75. The molecule has 0 radical (unpaired) electrons. The van der Waals surface area contributed by atoms with E-state index < -0.39 is 4.92 Å². The second kappa shape index (κ2) is 4.36. The molecular weight excluding hydrogens is 236 g/mol. The standard InChI is InChI=1S/C11H12N4O3/c1-6-10(13-14-11(6)12)7-3-4-8(15(16)17)9(5-7)18-2/h3-5H,1-2H3,(H3,12,13,14). The molecule has 3 N–H and O–H groups in total. The molecular formula is C11H12N4O3. The zero-order valence-electron chi connectivity index (χ0n) is 9.93. The van der Waals surface area contributed by atoms with Crippen LogP contribution in [0, 0.1) is 17.0 Å². The van der Waals surface area contributed by atoms with Gasteiger partial charge in [-0.1, -0.05) is 0 Å². The van der Waals surface area contributed by atoms with E-state index in [1.54, 1.807) is 12.1 Å². The smallest absolute Gasteiger partial charge is 0.310 e. The van der Waals surface area contributed by atoms with Crippen molar-refractivity contribution in [2.24, 2.45) is 0 Å². The number of anilines is 1. The second-order valence-corrected chi connectivity index (χ2v) is 3.75. The third-order valence-electron chi connectivity index (χ3n) is 2.71. The number of aromatic amines is 1. The third-order valence-corrected chi connectivity index (χ3v) is 2.71. The van der Waals surface area contributed by atoms with Crippen LogP contribution in [0.1, 0.15) is 5.56 Å². The number of nitro groups is 1. The van der Waals surface area contributed by atoms with Crippen molar-refractivity contribution in [1.29, 1.82) is 0 Å². The van der Waals surface area contributed by atoms with E-state index in [1.807, 2.05) is 6.92 Å². The minimum atomic E-state index is -0.489. The van der Waals surface area contributed by atoms with Gasteiger partial charge in [-0.25, -0.2) is 0 Å². The monoisotopic (exact) mass is 248 g/mol. The van der Waals surface area contributed by atoms with Crippen LogP contribution in [0.15, 0.2) is 18.2 Å². The van der Waals surface area contributed by atoms with Gasteiger partial charge in [-0.15, -0.1) is 0 Å². The molecule has 0 aliphatic rings. The van der Waals surface area contributed by atoms with E-state index in [0.717, 1.165) is 16.8 Å². The summed E-state index contributed by atoms with van der Waals surface area (Å²) in [4.78, 5) is 10.3. The van der Waals surface area contributed by atoms with Gasteiger partial charge >= 0.3 is 5.69 Å². The van der Waals surface area contributed by atoms with Crippen LogP contribution in [-0.4, -0.2) is 22.2 Å². The number of nitrogens with one attached hydrogen (secondary N) is 1. The molecule has 1 aromatic heterocycles. The molecule has 0 unspecified atom stereocenters. The molecule has 0 aliphatic heterocycles. The Balaban J connectivity index is 2.54. The lowest BCUT2D eigenvalue weighted by Crippen LogP contribution is -1.94. The summed E-state index contributed by atoms with van der Waals surface area (Å²) in [6.45, 7) is 1.82. The number of nitrogens with two attached hydrogens (primary N) is 1. The summed E-state index contributed by atoms with van der Waals surface area (Å²) >= 11 is 0. The summed E-state index contributed by atoms with van der Waals surface area (Å²) in [6.07, 6.45) is 0. The first-order chi connectivity index (χ1) is 8.54. The number of ether oxygens (including phenoxy) is 1. The van der Waals surface area contributed by atoms with Crippen LogP contribution in [0.25, 0.3) is 11.3 Å². The van der Waals surface area contributed by atoms with Crippen LogP contribution in [0.4, 0.5) is 11.5 Å². The highest BCUT2D eigenvalue weighted by Gasteiger charge is 2.17. The fourth-order valence-electron chi connectivity index (χ4n) is 1.68. The molecule has 2 aromatic rings. The van der Waals surface area contributed by atoms with Crippen molar-refractivity contribution in [3.8, 4) is 17.0 Å². The molecule has 0 saturated carbocycles. The summed E-state index contributed by atoms with van der Waals surface area (Å²) in [5, 5.41) is 17.5. The van der Waals surface area contributed by atoms with Crippen LogP contribution in [0.2, 0.25) is 0 Å². The van der Waals surface area contributed by atoms with E-state index in [0.29, 0.717) is 5.82 Å². The van der Waals surface area contributed by atoms with Crippen molar-refractivity contribution in [3.05, 3.63) is 33.9 Å². The molecule has 0 bridgehead atoms. The minimum absolute atomic E-state index is 0.0774. The van der Waals surface area contributed by atoms with Gasteiger partial charge in [-0.3, -0.25) is 15.2 Å². The summed E-state index contributed by atoms with van der Waals surface area (Å²) in [6, 6.07) is 4.60. The maximum atomic E-state index is 10.8. The molecule has 1 aromatic carbocycles. The number of hydrogen-bond donors (Lipinski definition) is 2. The Morgan fingerprint density at radius 1 is 1.50 bits per heavy atom. The van der Waals surface area contributed by atoms with E-state index >= 15 is 0 Å². The predicted molar refractivity (Wildman–Crippen MR) is 66.4 cm³/mol. The molecule has 0 aliphatic carbocycles. The first-order valence-corrected chi connectivity index (χ1v) is 5.18. The van der Waals surface area contributed by atoms with Crippen molar-refractivity contribution in [1.82, 2.24) is 10.2 Å². The van der Waals surface area contributed by atoms with E-state index in [1.165, 1.54) is 13.2 Å². The van der Waals surface area contributed by atoms with Gasteiger partial charge in [0, 0.05) is 17.2 Å². The van der Waals surface area contributed by atoms with Gasteiger partial charge in [0.25, 0.3) is 0 Å². The highest BCUT2D eigenvalue weighted by Crippen LogP contribution is 2.33. The van der Waals surface area contributed by atoms with Gasteiger partial charge < -0.3 is 10.5 Å². The van der Waals surface area contributed by atoms with Crippen LogP contribution in [0.5, 0.6) is 5.75 Å². The van der Waals surface area contributed by atoms with Crippen molar-refractivity contribution in [2.75, 3.05) is 12.8 Å². The largest absolute Gasteiger partial charge is 0.490 e. The molecule has 1 heterocycles. The summed E-state index contributed by atoms with van der Waals surface area (Å²) in [5.74, 6) is 0.604. The Bertz CT molecular complexity index is 606. The van der Waals surface area contributed by atoms with Crippen LogP contribution in [0.3, 0.4) is 0 Å². The minimum Gasteiger partial charge on any atom is -0.490 e. The molecule has 94 valence electrons. The molecule has 0 amide bonds. The number of nitrogens with zero attached hydrogens (tertiary/aromatic N) is 2. The summed E-state index contributed by atoms with van der Waals surface area (Å²) in [5.41, 5.74) is 7.82. The lowest BCUT2D eigenvalue weighted by Gasteiger charge is -2.04. The lowest BCUT2D eigenvalue weighted by molar-refractivity contribution is -0.385. The third kappa shape index (κ3) is 1.86. The number of nitrogen functional groups attached to an aromatic ring is 1. The SMILES string of the molecule is COc1cc(-c2[nH]nc(N)c2C)ccc1[N+](=O)[O-]. The molecule has 7 heteroatoms. The van der Waals surface area contributed by atoms with Crippen molar-refractivity contribution < 1.29 is 9.66 Å². The highest BCUT2D eigenvalue weighted by molar-refractivity contribution is 5.71. The molecule has 0 saturated heterocycles. The van der Waals surface area contributed by atoms with Crippen LogP contribution < -0.4 is 10.5 Å². The normalized spacial score (nSPS) is 10.3. The van der Waals surface area contributed by atoms with E-state index in [9.17, 15) is 10.1 Å². The number of benzene rings is 1. The zero-order valence-corrected chi connectivity index (χ0v) is 9.93. The predicted octanol–water partition coefficient (Wildman–Crippen LogP) is 1.88. The first kappa shape index (κ1) is 11.9. The fourth-order valence-corrected chi connectivity index (χ4v) is 1.68. The maximum Gasteiger partial charge on any atom is 0.310 e. The van der Waals surface area contributed by atoms with E-state index in [-0.39, 0.29) is 11.4 Å².